The third-order valence-electron chi connectivity index (χ3n) is 6.16. The predicted octanol–water partition coefficient (Wildman–Crippen LogP) is 5.20. The highest BCUT2D eigenvalue weighted by atomic mass is 16.3. The first-order valence-electron chi connectivity index (χ1n) is 11.3. The van der Waals surface area contributed by atoms with Crippen LogP contribution in [0.5, 0.6) is 0 Å². The number of benzene rings is 2. The van der Waals surface area contributed by atoms with Crippen molar-refractivity contribution in [3.05, 3.63) is 89.9 Å². The van der Waals surface area contributed by atoms with Gasteiger partial charge in [-0.1, -0.05) is 55.3 Å². The molecule has 0 unspecified atom stereocenters. The lowest BCUT2D eigenvalue weighted by atomic mass is 10.0. The van der Waals surface area contributed by atoms with Gasteiger partial charge in [-0.25, -0.2) is 0 Å². The van der Waals surface area contributed by atoms with Gasteiger partial charge in [-0.2, -0.15) is 0 Å². The summed E-state index contributed by atoms with van der Waals surface area (Å²) in [6.45, 7) is 1.00. The van der Waals surface area contributed by atoms with Gasteiger partial charge >= 0.3 is 0 Å². The number of amides is 2. The molecule has 1 heterocycles. The summed E-state index contributed by atoms with van der Waals surface area (Å²) in [5.74, 6) is 1.10. The standard InChI is InChI=1S/C27H30N2O3/c1-28(20-25-12-7-17-32-25)26(30)18-21-13-15-24(16-14-21)29(19-22-8-3-2-4-9-22)27(31)23-10-5-6-11-23/h2-4,7-9,12-17,23H,5-6,10-11,18-20H2,1H3. The summed E-state index contributed by atoms with van der Waals surface area (Å²) in [7, 11) is 1.78. The van der Waals surface area contributed by atoms with Crippen LogP contribution in [-0.2, 0) is 29.1 Å². The molecule has 4 rings (SSSR count). The van der Waals surface area contributed by atoms with Gasteiger partial charge in [0.2, 0.25) is 11.8 Å². The lowest BCUT2D eigenvalue weighted by Crippen LogP contribution is -2.35. The first-order valence-corrected chi connectivity index (χ1v) is 11.3. The molecule has 1 fully saturated rings. The van der Waals surface area contributed by atoms with Gasteiger partial charge in [0.15, 0.2) is 0 Å². The van der Waals surface area contributed by atoms with Crippen molar-refractivity contribution in [3.63, 3.8) is 0 Å². The summed E-state index contributed by atoms with van der Waals surface area (Å²) in [5, 5.41) is 0. The predicted molar refractivity (Wildman–Crippen MR) is 125 cm³/mol. The van der Waals surface area contributed by atoms with E-state index < -0.39 is 0 Å². The normalized spacial score (nSPS) is 13.8. The molecule has 0 aliphatic heterocycles. The van der Waals surface area contributed by atoms with Crippen LogP contribution in [0.4, 0.5) is 5.69 Å². The summed E-state index contributed by atoms with van der Waals surface area (Å²) in [4.78, 5) is 29.5. The molecule has 0 bridgehead atoms. The molecule has 5 nitrogen and oxygen atoms in total. The first-order chi connectivity index (χ1) is 15.6. The number of hydrogen-bond acceptors (Lipinski definition) is 3. The largest absolute Gasteiger partial charge is 0.467 e. The fourth-order valence-electron chi connectivity index (χ4n) is 4.28. The Morgan fingerprint density at radius 1 is 0.875 bits per heavy atom. The van der Waals surface area contributed by atoms with Gasteiger partial charge in [-0.3, -0.25) is 9.59 Å². The van der Waals surface area contributed by atoms with E-state index in [2.05, 4.69) is 12.1 Å². The minimum Gasteiger partial charge on any atom is -0.467 e. The number of likely N-dealkylation sites (N-methyl/N-ethyl adjacent to an activating group) is 1. The molecule has 3 aromatic rings. The maximum atomic E-state index is 13.3. The van der Waals surface area contributed by atoms with Crippen LogP contribution >= 0.6 is 0 Å². The van der Waals surface area contributed by atoms with E-state index in [1.165, 1.54) is 0 Å². The second kappa shape index (κ2) is 10.3. The van der Waals surface area contributed by atoms with Gasteiger partial charge in [0.25, 0.3) is 0 Å². The summed E-state index contributed by atoms with van der Waals surface area (Å²) >= 11 is 0. The van der Waals surface area contributed by atoms with Crippen LogP contribution in [0.1, 0.15) is 42.6 Å². The fourth-order valence-corrected chi connectivity index (χ4v) is 4.28. The molecular weight excluding hydrogens is 400 g/mol. The molecule has 1 aliphatic rings. The van der Waals surface area contributed by atoms with Gasteiger partial charge in [0.05, 0.1) is 25.8 Å². The maximum absolute atomic E-state index is 13.3. The number of anilines is 1. The summed E-state index contributed by atoms with van der Waals surface area (Å²) in [6, 6.07) is 21.6. The molecule has 1 saturated carbocycles. The van der Waals surface area contributed by atoms with Gasteiger partial charge in [0, 0.05) is 18.7 Å². The highest BCUT2D eigenvalue weighted by Crippen LogP contribution is 2.30. The van der Waals surface area contributed by atoms with E-state index in [4.69, 9.17) is 4.42 Å². The Morgan fingerprint density at radius 3 is 2.25 bits per heavy atom. The molecule has 2 amide bonds. The lowest BCUT2D eigenvalue weighted by molar-refractivity contribution is -0.130. The fraction of sp³-hybridized carbons (Fsp3) is 0.333. The Morgan fingerprint density at radius 2 is 1.59 bits per heavy atom. The molecule has 166 valence electrons. The van der Waals surface area contributed by atoms with Crippen molar-refractivity contribution in [2.24, 2.45) is 5.92 Å². The van der Waals surface area contributed by atoms with Crippen molar-refractivity contribution >= 4 is 17.5 Å². The molecule has 0 saturated heterocycles. The number of nitrogens with zero attached hydrogens (tertiary/aromatic N) is 2. The average molecular weight is 431 g/mol. The van der Waals surface area contributed by atoms with Crippen LogP contribution in [0.25, 0.3) is 0 Å². The highest BCUT2D eigenvalue weighted by Gasteiger charge is 2.28. The van der Waals surface area contributed by atoms with E-state index in [0.29, 0.717) is 19.5 Å². The highest BCUT2D eigenvalue weighted by molar-refractivity contribution is 5.95. The molecule has 0 N–H and O–H groups in total. The molecule has 0 radical (unpaired) electrons. The van der Waals surface area contributed by atoms with Crippen molar-refractivity contribution in [2.45, 2.75) is 45.2 Å². The maximum Gasteiger partial charge on any atom is 0.230 e. The van der Waals surface area contributed by atoms with E-state index in [1.807, 2.05) is 59.5 Å². The zero-order chi connectivity index (χ0) is 22.3. The van der Waals surface area contributed by atoms with Crippen LogP contribution in [0.15, 0.2) is 77.4 Å². The Balaban J connectivity index is 1.45. The van der Waals surface area contributed by atoms with E-state index in [9.17, 15) is 9.59 Å². The minimum absolute atomic E-state index is 0.0253. The van der Waals surface area contributed by atoms with Crippen LogP contribution < -0.4 is 4.90 Å². The number of carbonyl (C=O) groups excluding carboxylic acids is 2. The zero-order valence-electron chi connectivity index (χ0n) is 18.6. The first kappa shape index (κ1) is 21.9. The second-order valence-electron chi connectivity index (χ2n) is 8.56. The van der Waals surface area contributed by atoms with Gasteiger partial charge in [0.1, 0.15) is 5.76 Å². The van der Waals surface area contributed by atoms with Crippen molar-refractivity contribution in [1.82, 2.24) is 4.90 Å². The van der Waals surface area contributed by atoms with Gasteiger partial charge < -0.3 is 14.2 Å². The van der Waals surface area contributed by atoms with E-state index in [1.54, 1.807) is 18.2 Å². The third-order valence-corrected chi connectivity index (χ3v) is 6.16. The Kier molecular flexibility index (Phi) is 7.05. The summed E-state index contributed by atoms with van der Waals surface area (Å²) in [5.41, 5.74) is 2.92. The van der Waals surface area contributed by atoms with Gasteiger partial charge in [-0.15, -0.1) is 0 Å². The van der Waals surface area contributed by atoms with E-state index in [0.717, 1.165) is 48.3 Å². The molecule has 32 heavy (non-hydrogen) atoms. The van der Waals surface area contributed by atoms with Crippen molar-refractivity contribution in [3.8, 4) is 0 Å². The van der Waals surface area contributed by atoms with Crippen LogP contribution in [0.2, 0.25) is 0 Å². The zero-order valence-corrected chi connectivity index (χ0v) is 18.6. The Labute approximate surface area is 189 Å². The quantitative estimate of drug-likeness (QED) is 0.493. The second-order valence-corrected chi connectivity index (χ2v) is 8.56. The molecular formula is C27H30N2O3. The number of hydrogen-bond donors (Lipinski definition) is 0. The van der Waals surface area contributed by atoms with Crippen LogP contribution in [0.3, 0.4) is 0 Å². The Hall–Kier alpha value is -3.34. The summed E-state index contributed by atoms with van der Waals surface area (Å²) < 4.78 is 5.33. The average Bonchev–Trinajstić information content (AvgIpc) is 3.53. The van der Waals surface area contributed by atoms with Crippen molar-refractivity contribution in [2.75, 3.05) is 11.9 Å². The van der Waals surface area contributed by atoms with Crippen molar-refractivity contribution in [1.29, 1.82) is 0 Å². The number of furan rings is 1. The number of carbonyl (C=O) groups is 2. The number of rotatable bonds is 8. The molecule has 1 aromatic heterocycles. The molecule has 1 aliphatic carbocycles. The van der Waals surface area contributed by atoms with E-state index in [-0.39, 0.29) is 17.7 Å². The molecule has 2 aromatic carbocycles. The monoisotopic (exact) mass is 430 g/mol. The SMILES string of the molecule is CN(Cc1ccco1)C(=O)Cc1ccc(N(Cc2ccccc2)C(=O)C2CCCC2)cc1. The summed E-state index contributed by atoms with van der Waals surface area (Å²) in [6.07, 6.45) is 6.12. The molecule has 0 atom stereocenters. The van der Waals surface area contributed by atoms with E-state index >= 15 is 0 Å². The smallest absolute Gasteiger partial charge is 0.230 e. The molecule has 0 spiro atoms. The minimum atomic E-state index is 0.0253. The Bertz CT molecular complexity index is 1010. The van der Waals surface area contributed by atoms with Gasteiger partial charge in [-0.05, 0) is 48.2 Å². The van der Waals surface area contributed by atoms with Crippen molar-refractivity contribution < 1.29 is 14.0 Å². The lowest BCUT2D eigenvalue weighted by Gasteiger charge is -2.26. The van der Waals surface area contributed by atoms with Crippen LogP contribution in [-0.4, -0.2) is 23.8 Å². The third kappa shape index (κ3) is 5.47. The van der Waals surface area contributed by atoms with Crippen LogP contribution in [0, 0.1) is 5.92 Å². The molecule has 5 heteroatoms. The topological polar surface area (TPSA) is 53.8 Å².